The molecule has 24 heavy (non-hydrogen) atoms. The van der Waals surface area contributed by atoms with Crippen molar-refractivity contribution < 1.29 is 18.3 Å². The average molecular weight is 369 g/mol. The van der Waals surface area contributed by atoms with Crippen LogP contribution in [0.3, 0.4) is 0 Å². The van der Waals surface area contributed by atoms with Crippen LogP contribution in [0.1, 0.15) is 15.2 Å². The summed E-state index contributed by atoms with van der Waals surface area (Å²) in [5.74, 6) is -0.128. The van der Waals surface area contributed by atoms with Crippen molar-refractivity contribution in [3.05, 3.63) is 52.0 Å². The Morgan fingerprint density at radius 3 is 2.88 bits per heavy atom. The highest BCUT2D eigenvalue weighted by Gasteiger charge is 2.21. The summed E-state index contributed by atoms with van der Waals surface area (Å²) < 4.78 is 30.1. The highest BCUT2D eigenvalue weighted by atomic mass is 35.5. The molecule has 2 aromatic heterocycles. The lowest BCUT2D eigenvalue weighted by Crippen LogP contribution is -2.11. The second-order valence-corrected chi connectivity index (χ2v) is 6.36. The number of hydrogen-bond acceptors (Lipinski definition) is 4. The predicted octanol–water partition coefficient (Wildman–Crippen LogP) is 5.11. The molecule has 0 atom stereocenters. The Balaban J connectivity index is 1.97. The number of benzene rings is 1. The fraction of sp³-hybridized carbons (Fsp3) is 0.125. The van der Waals surface area contributed by atoms with Gasteiger partial charge in [-0.25, -0.2) is 4.98 Å². The van der Waals surface area contributed by atoms with Gasteiger partial charge in [0.1, 0.15) is 16.4 Å². The van der Waals surface area contributed by atoms with Gasteiger partial charge in [-0.3, -0.25) is 4.79 Å². The van der Waals surface area contributed by atoms with Crippen LogP contribution in [0, 0.1) is 6.92 Å². The van der Waals surface area contributed by atoms with Crippen LogP contribution in [0.4, 0.5) is 14.6 Å². The van der Waals surface area contributed by atoms with Crippen molar-refractivity contribution in [1.82, 2.24) is 4.98 Å². The molecule has 0 saturated carbocycles. The van der Waals surface area contributed by atoms with Crippen molar-refractivity contribution in [3.8, 4) is 5.75 Å². The molecule has 0 saturated heterocycles. The molecule has 0 radical (unpaired) electrons. The molecular formula is C16H11ClF2N2O2S. The molecule has 3 rings (SSSR count). The molecule has 1 amide bonds. The SMILES string of the molecule is Cc1ccnc(NC(=O)c2sc3cccc(OC(F)F)c3c2Cl)c1. The van der Waals surface area contributed by atoms with Crippen molar-refractivity contribution in [3.63, 3.8) is 0 Å². The molecule has 0 fully saturated rings. The van der Waals surface area contributed by atoms with E-state index >= 15 is 0 Å². The fourth-order valence-corrected chi connectivity index (χ4v) is 3.66. The highest BCUT2D eigenvalue weighted by molar-refractivity contribution is 7.21. The zero-order valence-electron chi connectivity index (χ0n) is 12.3. The summed E-state index contributed by atoms with van der Waals surface area (Å²) in [4.78, 5) is 16.7. The number of nitrogens with zero attached hydrogens (tertiary/aromatic N) is 1. The minimum atomic E-state index is -2.97. The lowest BCUT2D eigenvalue weighted by Gasteiger charge is -2.06. The number of nitrogens with one attached hydrogen (secondary N) is 1. The van der Waals surface area contributed by atoms with Gasteiger partial charge in [0, 0.05) is 10.9 Å². The van der Waals surface area contributed by atoms with Gasteiger partial charge in [-0.05, 0) is 36.8 Å². The number of alkyl halides is 2. The Kier molecular flexibility index (Phi) is 4.64. The Labute approximate surface area is 145 Å². The Hall–Kier alpha value is -2.25. The zero-order chi connectivity index (χ0) is 17.3. The van der Waals surface area contributed by atoms with E-state index in [1.807, 2.05) is 6.92 Å². The van der Waals surface area contributed by atoms with E-state index in [0.29, 0.717) is 15.9 Å². The van der Waals surface area contributed by atoms with E-state index in [-0.39, 0.29) is 15.6 Å². The Morgan fingerprint density at radius 1 is 1.38 bits per heavy atom. The first-order chi connectivity index (χ1) is 11.5. The van der Waals surface area contributed by atoms with Crippen LogP contribution in [0.15, 0.2) is 36.5 Å². The highest BCUT2D eigenvalue weighted by Crippen LogP contribution is 2.41. The van der Waals surface area contributed by atoms with Gasteiger partial charge in [0.05, 0.1) is 10.4 Å². The summed E-state index contributed by atoms with van der Waals surface area (Å²) in [5.41, 5.74) is 0.940. The number of halogens is 3. The van der Waals surface area contributed by atoms with Crippen LogP contribution in [0.2, 0.25) is 5.02 Å². The van der Waals surface area contributed by atoms with E-state index in [4.69, 9.17) is 11.6 Å². The van der Waals surface area contributed by atoms with Gasteiger partial charge < -0.3 is 10.1 Å². The maximum Gasteiger partial charge on any atom is 0.387 e. The van der Waals surface area contributed by atoms with Crippen LogP contribution >= 0.6 is 22.9 Å². The first-order valence-corrected chi connectivity index (χ1v) is 8.05. The van der Waals surface area contributed by atoms with Crippen molar-refractivity contribution in [2.45, 2.75) is 13.5 Å². The number of anilines is 1. The standard InChI is InChI=1S/C16H11ClF2N2O2S/c1-8-5-6-20-11(7-8)21-15(22)14-13(17)12-9(23-16(18)19)3-2-4-10(12)24-14/h2-7,16H,1H3,(H,20,21,22). The number of ether oxygens (including phenoxy) is 1. The van der Waals surface area contributed by atoms with E-state index in [9.17, 15) is 13.6 Å². The molecule has 0 aliphatic rings. The van der Waals surface area contributed by atoms with Crippen molar-refractivity contribution in [1.29, 1.82) is 0 Å². The number of pyridine rings is 1. The number of amides is 1. The summed E-state index contributed by atoms with van der Waals surface area (Å²) in [7, 11) is 0. The number of thiophene rings is 1. The summed E-state index contributed by atoms with van der Waals surface area (Å²) in [6.07, 6.45) is 1.58. The third kappa shape index (κ3) is 3.32. The van der Waals surface area contributed by atoms with Crippen LogP contribution in [-0.2, 0) is 0 Å². The van der Waals surface area contributed by atoms with E-state index in [0.717, 1.165) is 16.9 Å². The van der Waals surface area contributed by atoms with E-state index in [1.165, 1.54) is 6.07 Å². The second kappa shape index (κ2) is 6.70. The normalized spacial score (nSPS) is 11.0. The summed E-state index contributed by atoms with van der Waals surface area (Å²) in [6.45, 7) is -1.10. The summed E-state index contributed by atoms with van der Waals surface area (Å²) >= 11 is 7.34. The number of aryl methyl sites for hydroxylation is 1. The quantitative estimate of drug-likeness (QED) is 0.696. The van der Waals surface area contributed by atoms with Crippen molar-refractivity contribution >= 4 is 44.7 Å². The van der Waals surface area contributed by atoms with Crippen LogP contribution in [0.25, 0.3) is 10.1 Å². The van der Waals surface area contributed by atoms with Gasteiger partial charge in [-0.2, -0.15) is 8.78 Å². The fourth-order valence-electron chi connectivity index (χ4n) is 2.20. The van der Waals surface area contributed by atoms with Gasteiger partial charge in [0.15, 0.2) is 0 Å². The molecule has 4 nitrogen and oxygen atoms in total. The lowest BCUT2D eigenvalue weighted by molar-refractivity contribution is -0.0487. The van der Waals surface area contributed by atoms with Gasteiger partial charge in [-0.1, -0.05) is 17.7 Å². The average Bonchev–Trinajstić information content (AvgIpc) is 2.85. The molecule has 8 heteroatoms. The molecule has 3 aromatic rings. The number of carbonyl (C=O) groups excluding carboxylic acids is 1. The topological polar surface area (TPSA) is 51.2 Å². The maximum atomic E-state index is 12.5. The molecule has 1 N–H and O–H groups in total. The molecule has 2 heterocycles. The zero-order valence-corrected chi connectivity index (χ0v) is 13.9. The van der Waals surface area contributed by atoms with E-state index in [2.05, 4.69) is 15.0 Å². The Morgan fingerprint density at radius 2 is 2.17 bits per heavy atom. The number of carbonyl (C=O) groups is 1. The van der Waals surface area contributed by atoms with Gasteiger partial charge in [0.25, 0.3) is 5.91 Å². The lowest BCUT2D eigenvalue weighted by atomic mass is 10.2. The van der Waals surface area contributed by atoms with Gasteiger partial charge in [0.2, 0.25) is 0 Å². The first kappa shape index (κ1) is 16.6. The molecule has 0 spiro atoms. The second-order valence-electron chi connectivity index (χ2n) is 4.93. The third-order valence-electron chi connectivity index (χ3n) is 3.20. The van der Waals surface area contributed by atoms with Crippen molar-refractivity contribution in [2.75, 3.05) is 5.32 Å². The number of hydrogen-bond donors (Lipinski definition) is 1. The largest absolute Gasteiger partial charge is 0.434 e. The number of fused-ring (bicyclic) bond motifs is 1. The minimum Gasteiger partial charge on any atom is -0.434 e. The summed E-state index contributed by atoms with van der Waals surface area (Å²) in [5, 5.41) is 3.03. The van der Waals surface area contributed by atoms with Crippen LogP contribution in [-0.4, -0.2) is 17.5 Å². The van der Waals surface area contributed by atoms with Crippen molar-refractivity contribution in [2.24, 2.45) is 0 Å². The van der Waals surface area contributed by atoms with Crippen LogP contribution in [0.5, 0.6) is 5.75 Å². The van der Waals surface area contributed by atoms with E-state index < -0.39 is 12.5 Å². The number of rotatable bonds is 4. The molecule has 124 valence electrons. The smallest absolute Gasteiger partial charge is 0.387 e. The van der Waals surface area contributed by atoms with Gasteiger partial charge in [-0.15, -0.1) is 11.3 Å². The van der Waals surface area contributed by atoms with Gasteiger partial charge >= 0.3 is 6.61 Å². The maximum absolute atomic E-state index is 12.5. The molecule has 0 aliphatic heterocycles. The molecule has 0 bridgehead atoms. The predicted molar refractivity (Wildman–Crippen MR) is 90.4 cm³/mol. The monoisotopic (exact) mass is 368 g/mol. The third-order valence-corrected chi connectivity index (χ3v) is 4.84. The summed E-state index contributed by atoms with van der Waals surface area (Å²) in [6, 6.07) is 8.15. The van der Waals surface area contributed by atoms with E-state index in [1.54, 1.807) is 30.5 Å². The molecular weight excluding hydrogens is 358 g/mol. The molecule has 0 aliphatic carbocycles. The Bertz CT molecular complexity index is 914. The molecule has 1 aromatic carbocycles. The van der Waals surface area contributed by atoms with Crippen LogP contribution < -0.4 is 10.1 Å². The number of aromatic nitrogens is 1. The first-order valence-electron chi connectivity index (χ1n) is 6.85. The molecule has 0 unspecified atom stereocenters. The minimum absolute atomic E-state index is 0.0588.